The van der Waals surface area contributed by atoms with E-state index in [9.17, 15) is 19.2 Å². The lowest BCUT2D eigenvalue weighted by molar-refractivity contribution is -0.135. The van der Waals surface area contributed by atoms with Crippen molar-refractivity contribution < 1.29 is 24.3 Å². The quantitative estimate of drug-likeness (QED) is 0.396. The molecule has 0 spiro atoms. The Morgan fingerprint density at radius 1 is 0.706 bits per heavy atom. The van der Waals surface area contributed by atoms with Gasteiger partial charge in [0.2, 0.25) is 0 Å². The summed E-state index contributed by atoms with van der Waals surface area (Å²) in [5.41, 5.74) is -1.71. The monoisotopic (exact) mass is 234 g/mol. The van der Waals surface area contributed by atoms with Gasteiger partial charge in [-0.25, -0.2) is 4.79 Å². The topological polar surface area (TPSA) is 88.5 Å². The SMILES string of the molecule is C=CC(=O)C(C(=O)O)=C(C(=O)C=C)C(=O)C=C. The van der Waals surface area contributed by atoms with Crippen molar-refractivity contribution in [3.63, 3.8) is 0 Å². The summed E-state index contributed by atoms with van der Waals surface area (Å²) in [4.78, 5) is 45.0. The van der Waals surface area contributed by atoms with Crippen LogP contribution in [0.1, 0.15) is 0 Å². The molecule has 0 heterocycles. The van der Waals surface area contributed by atoms with Crippen molar-refractivity contribution in [2.45, 2.75) is 0 Å². The second-order valence-electron chi connectivity index (χ2n) is 2.76. The molecule has 0 rings (SSSR count). The van der Waals surface area contributed by atoms with Crippen molar-refractivity contribution in [2.75, 3.05) is 0 Å². The minimum absolute atomic E-state index is 0.705. The minimum atomic E-state index is -1.68. The third kappa shape index (κ3) is 3.20. The van der Waals surface area contributed by atoms with Crippen molar-refractivity contribution >= 4 is 23.3 Å². The molecule has 0 aromatic heterocycles. The smallest absolute Gasteiger partial charge is 0.340 e. The number of allylic oxidation sites excluding steroid dienone is 4. The van der Waals surface area contributed by atoms with Gasteiger partial charge in [0.15, 0.2) is 17.3 Å². The van der Waals surface area contributed by atoms with Crippen LogP contribution in [-0.2, 0) is 19.2 Å². The standard InChI is InChI=1S/C12H10O5/c1-4-7(13)10(8(14)5-2)11(12(16)17)9(15)6-3/h4-6H,1-3H2,(H,16,17). The van der Waals surface area contributed by atoms with Crippen molar-refractivity contribution in [1.82, 2.24) is 0 Å². The molecule has 0 aliphatic rings. The second kappa shape index (κ2) is 6.12. The summed E-state index contributed by atoms with van der Waals surface area (Å²) in [5.74, 6) is -4.63. The fourth-order valence-corrected chi connectivity index (χ4v) is 1.01. The zero-order valence-corrected chi connectivity index (χ0v) is 8.93. The molecule has 0 atom stereocenters. The number of hydrogen-bond acceptors (Lipinski definition) is 4. The number of ketones is 3. The van der Waals surface area contributed by atoms with E-state index in [-0.39, 0.29) is 0 Å². The van der Waals surface area contributed by atoms with Gasteiger partial charge in [-0.3, -0.25) is 14.4 Å². The van der Waals surface area contributed by atoms with Crippen LogP contribution in [0.25, 0.3) is 0 Å². The highest BCUT2D eigenvalue weighted by Crippen LogP contribution is 2.11. The van der Waals surface area contributed by atoms with Gasteiger partial charge in [0, 0.05) is 0 Å². The molecule has 0 amide bonds. The minimum Gasteiger partial charge on any atom is -0.478 e. The number of rotatable bonds is 7. The molecule has 0 aromatic rings. The molecule has 0 saturated heterocycles. The summed E-state index contributed by atoms with van der Waals surface area (Å²) < 4.78 is 0. The van der Waals surface area contributed by atoms with Crippen molar-refractivity contribution in [3.8, 4) is 0 Å². The van der Waals surface area contributed by atoms with E-state index < -0.39 is 34.5 Å². The number of hydrogen-bond donors (Lipinski definition) is 1. The molecule has 0 radical (unpaired) electrons. The van der Waals surface area contributed by atoms with Crippen LogP contribution in [0.5, 0.6) is 0 Å². The summed E-state index contributed by atoms with van der Waals surface area (Å²) in [7, 11) is 0. The van der Waals surface area contributed by atoms with Crippen LogP contribution < -0.4 is 0 Å². The van der Waals surface area contributed by atoms with E-state index in [1.165, 1.54) is 0 Å². The molecule has 0 saturated carbocycles. The molecular formula is C12H10O5. The number of aliphatic carboxylic acids is 1. The second-order valence-corrected chi connectivity index (χ2v) is 2.76. The average Bonchev–Trinajstić information content (AvgIpc) is 2.32. The van der Waals surface area contributed by atoms with Gasteiger partial charge in [0.1, 0.15) is 5.57 Å². The van der Waals surface area contributed by atoms with Gasteiger partial charge in [-0.15, -0.1) is 0 Å². The van der Waals surface area contributed by atoms with Crippen molar-refractivity contribution in [2.24, 2.45) is 0 Å². The molecule has 88 valence electrons. The number of carbonyl (C=O) groups excluding carboxylic acids is 3. The number of carboxylic acid groups (broad SMARTS) is 1. The first kappa shape index (κ1) is 14.4. The van der Waals surface area contributed by atoms with Gasteiger partial charge in [-0.1, -0.05) is 19.7 Å². The Kier molecular flexibility index (Phi) is 5.20. The summed E-state index contributed by atoms with van der Waals surface area (Å²) >= 11 is 0. The molecule has 0 bridgehead atoms. The summed E-state index contributed by atoms with van der Waals surface area (Å²) in [6, 6.07) is 0. The van der Waals surface area contributed by atoms with Crippen LogP contribution >= 0.6 is 0 Å². The molecular weight excluding hydrogens is 224 g/mol. The maximum atomic E-state index is 11.4. The third-order valence-corrected chi connectivity index (χ3v) is 1.76. The van der Waals surface area contributed by atoms with E-state index in [0.717, 1.165) is 12.2 Å². The zero-order chi connectivity index (χ0) is 13.6. The zero-order valence-electron chi connectivity index (χ0n) is 8.93. The first-order valence-corrected chi connectivity index (χ1v) is 4.38. The Labute approximate surface area is 97.4 Å². The number of carbonyl (C=O) groups is 4. The van der Waals surface area contributed by atoms with E-state index in [0.29, 0.717) is 6.08 Å². The lowest BCUT2D eigenvalue weighted by Crippen LogP contribution is -2.21. The van der Waals surface area contributed by atoms with Gasteiger partial charge in [0.05, 0.1) is 5.57 Å². The van der Waals surface area contributed by atoms with E-state index in [1.807, 2.05) is 0 Å². The Hall–Kier alpha value is -2.56. The lowest BCUT2D eigenvalue weighted by Gasteiger charge is -2.04. The van der Waals surface area contributed by atoms with Crippen LogP contribution in [0.3, 0.4) is 0 Å². The van der Waals surface area contributed by atoms with Crippen LogP contribution in [-0.4, -0.2) is 28.4 Å². The van der Waals surface area contributed by atoms with Crippen molar-refractivity contribution in [3.05, 3.63) is 49.1 Å². The van der Waals surface area contributed by atoms with E-state index in [2.05, 4.69) is 19.7 Å². The Morgan fingerprint density at radius 3 is 1.24 bits per heavy atom. The molecule has 0 aliphatic carbocycles. The van der Waals surface area contributed by atoms with Gasteiger partial charge in [-0.2, -0.15) is 0 Å². The van der Waals surface area contributed by atoms with Gasteiger partial charge >= 0.3 is 5.97 Å². The molecule has 1 N–H and O–H groups in total. The van der Waals surface area contributed by atoms with Gasteiger partial charge in [0.25, 0.3) is 0 Å². The fraction of sp³-hybridized carbons (Fsp3) is 0. The Bertz CT molecular complexity index is 443. The Morgan fingerprint density at radius 2 is 1.00 bits per heavy atom. The first-order chi connectivity index (χ1) is 7.90. The third-order valence-electron chi connectivity index (χ3n) is 1.76. The largest absolute Gasteiger partial charge is 0.478 e. The summed E-state index contributed by atoms with van der Waals surface area (Å²) in [5, 5.41) is 8.83. The maximum Gasteiger partial charge on any atom is 0.340 e. The molecule has 0 unspecified atom stereocenters. The van der Waals surface area contributed by atoms with Gasteiger partial charge < -0.3 is 5.11 Å². The highest BCUT2D eigenvalue weighted by atomic mass is 16.4. The predicted molar refractivity (Wildman–Crippen MR) is 60.3 cm³/mol. The molecule has 5 heteroatoms. The van der Waals surface area contributed by atoms with Gasteiger partial charge in [-0.05, 0) is 18.2 Å². The molecule has 17 heavy (non-hydrogen) atoms. The van der Waals surface area contributed by atoms with E-state index in [1.54, 1.807) is 0 Å². The maximum absolute atomic E-state index is 11.4. The van der Waals surface area contributed by atoms with Crippen LogP contribution in [0, 0.1) is 0 Å². The van der Waals surface area contributed by atoms with E-state index >= 15 is 0 Å². The first-order valence-electron chi connectivity index (χ1n) is 4.38. The predicted octanol–water partition coefficient (Wildman–Crippen LogP) is 0.633. The fourth-order valence-electron chi connectivity index (χ4n) is 1.01. The van der Waals surface area contributed by atoms with Crippen molar-refractivity contribution in [1.29, 1.82) is 0 Å². The average molecular weight is 234 g/mol. The van der Waals surface area contributed by atoms with Crippen LogP contribution in [0.4, 0.5) is 0 Å². The van der Waals surface area contributed by atoms with E-state index in [4.69, 9.17) is 5.11 Å². The Balaban J connectivity index is 6.18. The van der Waals surface area contributed by atoms with Crippen LogP contribution in [0.2, 0.25) is 0 Å². The molecule has 0 aromatic carbocycles. The highest BCUT2D eigenvalue weighted by molar-refractivity contribution is 6.36. The number of carboxylic acids is 1. The molecule has 0 aliphatic heterocycles. The summed E-state index contributed by atoms with van der Waals surface area (Å²) in [6.07, 6.45) is 2.20. The molecule has 5 nitrogen and oxygen atoms in total. The lowest BCUT2D eigenvalue weighted by atomic mass is 9.96. The van der Waals surface area contributed by atoms with Crippen LogP contribution in [0.15, 0.2) is 49.1 Å². The highest BCUT2D eigenvalue weighted by Gasteiger charge is 2.27. The summed E-state index contributed by atoms with van der Waals surface area (Å²) in [6.45, 7) is 9.34. The molecule has 0 fully saturated rings. The normalized spacial score (nSPS) is 8.71.